The minimum atomic E-state index is 1.10. The first-order valence-corrected chi connectivity index (χ1v) is 7.23. The summed E-state index contributed by atoms with van der Waals surface area (Å²) in [6.07, 6.45) is 5.03. The normalized spacial score (nSPS) is 9.75. The number of hydrogen-bond donors (Lipinski definition) is 2. The van der Waals surface area contributed by atoms with Crippen LogP contribution in [0.15, 0.2) is 48.7 Å². The van der Waals surface area contributed by atoms with Crippen molar-refractivity contribution in [1.82, 2.24) is 4.98 Å². The van der Waals surface area contributed by atoms with E-state index in [1.165, 1.54) is 11.8 Å². The highest BCUT2D eigenvalue weighted by molar-refractivity contribution is 5.82. The minimum absolute atomic E-state index is 1.10. The number of aromatic nitrogens is 1. The second-order valence-electron chi connectivity index (χ2n) is 3.68. The van der Waals surface area contributed by atoms with Crippen LogP contribution >= 0.6 is 0 Å². The van der Waals surface area contributed by atoms with Crippen LogP contribution in [0.25, 0.3) is 16.8 Å². The van der Waals surface area contributed by atoms with Crippen molar-refractivity contribution in [3.8, 4) is 11.3 Å². The molecule has 0 unspecified atom stereocenters. The van der Waals surface area contributed by atoms with Gasteiger partial charge in [0.05, 0.1) is 0 Å². The molecular weight excluding hydrogens is 244 g/mol. The monoisotopic (exact) mass is 270 g/mol. The molecule has 0 aliphatic heterocycles. The molecule has 0 radical (unpaired) electrons. The molecule has 0 aliphatic rings. The van der Waals surface area contributed by atoms with Crippen LogP contribution in [0, 0.1) is 5.41 Å². The lowest BCUT2D eigenvalue weighted by atomic mass is 10.0. The van der Waals surface area contributed by atoms with Crippen LogP contribution in [0.1, 0.15) is 40.2 Å². The highest BCUT2D eigenvalue weighted by Gasteiger charge is 1.98. The average Bonchev–Trinajstić information content (AvgIpc) is 3.06. The molecule has 1 aromatic carbocycles. The van der Waals surface area contributed by atoms with Crippen molar-refractivity contribution in [2.75, 3.05) is 0 Å². The molecule has 0 spiro atoms. The number of nitrogens with one attached hydrogen (secondary N) is 2. The Kier molecular flexibility index (Phi) is 9.67. The van der Waals surface area contributed by atoms with Gasteiger partial charge >= 0.3 is 0 Å². The van der Waals surface area contributed by atoms with E-state index in [1.807, 2.05) is 46.9 Å². The van der Waals surface area contributed by atoms with Crippen molar-refractivity contribution < 1.29 is 0 Å². The van der Waals surface area contributed by atoms with Crippen LogP contribution in [-0.2, 0) is 0 Å². The molecule has 108 valence electrons. The fourth-order valence-corrected chi connectivity index (χ4v) is 1.64. The highest BCUT2D eigenvalue weighted by Crippen LogP contribution is 2.20. The van der Waals surface area contributed by atoms with Gasteiger partial charge in [-0.1, -0.05) is 52.0 Å². The van der Waals surface area contributed by atoms with E-state index in [2.05, 4.69) is 35.3 Å². The summed E-state index contributed by atoms with van der Waals surface area (Å²) in [7, 11) is 0. The van der Waals surface area contributed by atoms with Gasteiger partial charge in [-0.25, -0.2) is 0 Å². The largest absolute Gasteiger partial charge is 0.361 e. The Morgan fingerprint density at radius 3 is 2.05 bits per heavy atom. The van der Waals surface area contributed by atoms with E-state index in [4.69, 9.17) is 5.41 Å². The maximum atomic E-state index is 7.03. The molecule has 0 saturated carbocycles. The molecule has 0 fully saturated rings. The van der Waals surface area contributed by atoms with Gasteiger partial charge in [0.1, 0.15) is 0 Å². The zero-order valence-electron chi connectivity index (χ0n) is 13.2. The molecule has 1 aromatic heterocycles. The second kappa shape index (κ2) is 10.8. The van der Waals surface area contributed by atoms with Crippen LogP contribution in [-0.4, -0.2) is 11.2 Å². The number of aromatic amines is 1. The van der Waals surface area contributed by atoms with Crippen molar-refractivity contribution >= 4 is 11.8 Å². The summed E-state index contributed by atoms with van der Waals surface area (Å²) in [5, 5.41) is 7.03. The smallest absolute Gasteiger partial charge is 0.0453 e. The number of H-pyrrole nitrogens is 1. The zero-order chi connectivity index (χ0) is 15.4. The Morgan fingerprint density at radius 1 is 1.00 bits per heavy atom. The van der Waals surface area contributed by atoms with E-state index in [-0.39, 0.29) is 0 Å². The van der Waals surface area contributed by atoms with Crippen molar-refractivity contribution in [2.45, 2.75) is 34.6 Å². The molecule has 0 aliphatic carbocycles. The summed E-state index contributed by atoms with van der Waals surface area (Å²) in [5.41, 5.74) is 4.56. The Hall–Kier alpha value is -2.09. The Labute approximate surface area is 123 Å². The summed E-state index contributed by atoms with van der Waals surface area (Å²) >= 11 is 0. The maximum absolute atomic E-state index is 7.03. The molecule has 0 saturated heterocycles. The summed E-state index contributed by atoms with van der Waals surface area (Å²) < 4.78 is 0. The third kappa shape index (κ3) is 5.27. The second-order valence-corrected chi connectivity index (χ2v) is 3.68. The van der Waals surface area contributed by atoms with Crippen LogP contribution < -0.4 is 0 Å². The van der Waals surface area contributed by atoms with E-state index in [1.54, 1.807) is 6.08 Å². The SMILES string of the molecule is C/C(=C\C=N)c1ccc(-c2ccc[nH]2)cc1.CC.CC. The van der Waals surface area contributed by atoms with Crippen LogP contribution in [0.2, 0.25) is 0 Å². The quantitative estimate of drug-likeness (QED) is 0.663. The first kappa shape index (κ1) is 17.9. The predicted molar refractivity (Wildman–Crippen MR) is 91.4 cm³/mol. The Balaban J connectivity index is 0.000000829. The summed E-state index contributed by atoms with van der Waals surface area (Å²) in [5.74, 6) is 0. The van der Waals surface area contributed by atoms with E-state index < -0.39 is 0 Å². The van der Waals surface area contributed by atoms with E-state index in [0.717, 1.165) is 16.8 Å². The fraction of sp³-hybridized carbons (Fsp3) is 0.278. The summed E-state index contributed by atoms with van der Waals surface area (Å²) in [6.45, 7) is 10.0. The number of hydrogen-bond acceptors (Lipinski definition) is 1. The van der Waals surface area contributed by atoms with Gasteiger partial charge in [0.25, 0.3) is 0 Å². The van der Waals surface area contributed by atoms with Gasteiger partial charge in [-0.05, 0) is 41.8 Å². The number of allylic oxidation sites excluding steroid dienone is 2. The van der Waals surface area contributed by atoms with E-state index in [9.17, 15) is 0 Å². The lowest BCUT2D eigenvalue weighted by molar-refractivity contribution is 1.40. The molecule has 1 heterocycles. The molecule has 0 amide bonds. The maximum Gasteiger partial charge on any atom is 0.0453 e. The lowest BCUT2D eigenvalue weighted by Gasteiger charge is -2.02. The molecule has 0 bridgehead atoms. The fourth-order valence-electron chi connectivity index (χ4n) is 1.64. The highest BCUT2D eigenvalue weighted by atomic mass is 14.7. The van der Waals surface area contributed by atoms with Gasteiger partial charge in [-0.15, -0.1) is 0 Å². The molecule has 2 rings (SSSR count). The van der Waals surface area contributed by atoms with Crippen molar-refractivity contribution in [1.29, 1.82) is 5.41 Å². The third-order valence-electron chi connectivity index (χ3n) is 2.58. The first-order chi connectivity index (χ1) is 9.81. The third-order valence-corrected chi connectivity index (χ3v) is 2.58. The minimum Gasteiger partial charge on any atom is -0.361 e. The Bertz CT molecular complexity index is 491. The zero-order valence-corrected chi connectivity index (χ0v) is 13.2. The molecule has 2 N–H and O–H groups in total. The molecule has 2 nitrogen and oxygen atoms in total. The van der Waals surface area contributed by atoms with Gasteiger partial charge in [-0.3, -0.25) is 0 Å². The standard InChI is InChI=1S/C14H14N2.2C2H6/c1-11(8-9-15)12-4-6-13(7-5-12)14-3-2-10-16-14;2*1-2/h2-10,15-16H,1H3;2*1-2H3/b11-8+,15-9?;;. The van der Waals surface area contributed by atoms with Gasteiger partial charge < -0.3 is 10.4 Å². The van der Waals surface area contributed by atoms with Gasteiger partial charge in [-0.2, -0.15) is 0 Å². The summed E-state index contributed by atoms with van der Waals surface area (Å²) in [6, 6.07) is 12.4. The van der Waals surface area contributed by atoms with Crippen molar-refractivity contribution in [2.24, 2.45) is 0 Å². The Morgan fingerprint density at radius 2 is 1.60 bits per heavy atom. The number of rotatable bonds is 3. The van der Waals surface area contributed by atoms with E-state index in [0.29, 0.717) is 0 Å². The van der Waals surface area contributed by atoms with Crippen LogP contribution in [0.4, 0.5) is 0 Å². The average molecular weight is 270 g/mol. The van der Waals surface area contributed by atoms with E-state index >= 15 is 0 Å². The molecule has 0 atom stereocenters. The van der Waals surface area contributed by atoms with Crippen molar-refractivity contribution in [3.05, 3.63) is 54.2 Å². The number of benzene rings is 1. The topological polar surface area (TPSA) is 39.6 Å². The van der Waals surface area contributed by atoms with Crippen molar-refractivity contribution in [3.63, 3.8) is 0 Å². The summed E-state index contributed by atoms with van der Waals surface area (Å²) in [4.78, 5) is 3.18. The first-order valence-electron chi connectivity index (χ1n) is 7.23. The van der Waals surface area contributed by atoms with Gasteiger partial charge in [0, 0.05) is 18.1 Å². The van der Waals surface area contributed by atoms with Gasteiger partial charge in [0.15, 0.2) is 0 Å². The van der Waals surface area contributed by atoms with Crippen LogP contribution in [0.3, 0.4) is 0 Å². The molecule has 2 heteroatoms. The predicted octanol–water partition coefficient (Wildman–Crippen LogP) is 5.79. The molecule has 2 aromatic rings. The van der Waals surface area contributed by atoms with Gasteiger partial charge in [0.2, 0.25) is 0 Å². The van der Waals surface area contributed by atoms with Crippen LogP contribution in [0.5, 0.6) is 0 Å². The molecular formula is C18H26N2. The molecule has 20 heavy (non-hydrogen) atoms. The lowest BCUT2D eigenvalue weighted by Crippen LogP contribution is -1.82.